The van der Waals surface area contributed by atoms with Crippen molar-refractivity contribution in [1.29, 1.82) is 0 Å². The quantitative estimate of drug-likeness (QED) is 0.669. The number of amides is 1. The van der Waals surface area contributed by atoms with E-state index in [2.05, 4.69) is 10.3 Å². The van der Waals surface area contributed by atoms with Gasteiger partial charge in [-0.25, -0.2) is 4.98 Å². The summed E-state index contributed by atoms with van der Waals surface area (Å²) >= 11 is 3.18. The normalized spacial score (nSPS) is 11.0. The van der Waals surface area contributed by atoms with Crippen molar-refractivity contribution in [3.05, 3.63) is 46.7 Å². The third-order valence-electron chi connectivity index (χ3n) is 3.24. The zero-order valence-corrected chi connectivity index (χ0v) is 14.2. The number of benzene rings is 1. The zero-order valence-electron chi connectivity index (χ0n) is 12.5. The molecule has 0 saturated carbocycles. The molecule has 23 heavy (non-hydrogen) atoms. The lowest BCUT2D eigenvalue weighted by Crippen LogP contribution is -2.26. The van der Waals surface area contributed by atoms with E-state index in [1.807, 2.05) is 36.6 Å². The summed E-state index contributed by atoms with van der Waals surface area (Å²) < 4.78 is 6.69. The Hall–Kier alpha value is -1.83. The molecule has 0 spiro atoms. The van der Waals surface area contributed by atoms with Crippen LogP contribution in [0.25, 0.3) is 11.0 Å². The Bertz CT molecular complexity index is 826. The molecule has 0 aliphatic rings. The van der Waals surface area contributed by atoms with Crippen molar-refractivity contribution in [3.63, 3.8) is 0 Å². The maximum atomic E-state index is 12.3. The molecule has 2 N–H and O–H groups in total. The lowest BCUT2D eigenvalue weighted by molar-refractivity contribution is 0.0918. The standard InChI is InChI=1S/C16H16N2O3S2/c1-10-8-22-16(18-10)23-9-12-11-4-2-3-5-13(11)21-14(12)15(20)17-6-7-19/h2-5,8,19H,6-7,9H2,1H3,(H,17,20). The van der Waals surface area contributed by atoms with Gasteiger partial charge in [0.05, 0.1) is 6.61 Å². The molecule has 0 saturated heterocycles. The zero-order chi connectivity index (χ0) is 16.2. The van der Waals surface area contributed by atoms with Gasteiger partial charge in [0.15, 0.2) is 5.76 Å². The first-order valence-electron chi connectivity index (χ1n) is 7.13. The predicted molar refractivity (Wildman–Crippen MR) is 92.0 cm³/mol. The van der Waals surface area contributed by atoms with E-state index in [1.54, 1.807) is 23.1 Å². The number of hydrogen-bond donors (Lipinski definition) is 2. The van der Waals surface area contributed by atoms with Crippen LogP contribution in [0.2, 0.25) is 0 Å². The lowest BCUT2D eigenvalue weighted by Gasteiger charge is -2.03. The maximum absolute atomic E-state index is 12.3. The molecule has 0 aliphatic heterocycles. The topological polar surface area (TPSA) is 75.4 Å². The van der Waals surface area contributed by atoms with Crippen LogP contribution < -0.4 is 5.32 Å². The van der Waals surface area contributed by atoms with E-state index in [1.165, 1.54) is 0 Å². The summed E-state index contributed by atoms with van der Waals surface area (Å²) in [4.78, 5) is 16.7. The lowest BCUT2D eigenvalue weighted by atomic mass is 10.1. The van der Waals surface area contributed by atoms with Crippen molar-refractivity contribution in [2.45, 2.75) is 17.0 Å². The minimum Gasteiger partial charge on any atom is -0.451 e. The van der Waals surface area contributed by atoms with Crippen molar-refractivity contribution in [2.24, 2.45) is 0 Å². The predicted octanol–water partition coefficient (Wildman–Crippen LogP) is 3.21. The molecule has 1 aromatic carbocycles. The molecule has 120 valence electrons. The van der Waals surface area contributed by atoms with E-state index in [0.717, 1.165) is 21.0 Å². The van der Waals surface area contributed by atoms with Gasteiger partial charge in [0.25, 0.3) is 5.91 Å². The summed E-state index contributed by atoms with van der Waals surface area (Å²) in [7, 11) is 0. The number of aryl methyl sites for hydroxylation is 1. The summed E-state index contributed by atoms with van der Waals surface area (Å²) in [5.74, 6) is 0.604. The highest BCUT2D eigenvalue weighted by atomic mass is 32.2. The van der Waals surface area contributed by atoms with E-state index < -0.39 is 0 Å². The van der Waals surface area contributed by atoms with E-state index in [9.17, 15) is 4.79 Å². The van der Waals surface area contributed by atoms with Crippen LogP contribution in [0.15, 0.2) is 38.4 Å². The van der Waals surface area contributed by atoms with Crippen LogP contribution in [0.5, 0.6) is 0 Å². The number of rotatable bonds is 6. The molecule has 7 heteroatoms. The van der Waals surface area contributed by atoms with Crippen LogP contribution >= 0.6 is 23.1 Å². The Labute approximate surface area is 141 Å². The Morgan fingerprint density at radius 2 is 2.26 bits per heavy atom. The fraction of sp³-hybridized carbons (Fsp3) is 0.250. The van der Waals surface area contributed by atoms with Crippen LogP contribution in [-0.4, -0.2) is 29.1 Å². The highest BCUT2D eigenvalue weighted by Gasteiger charge is 2.20. The van der Waals surface area contributed by atoms with E-state index in [-0.39, 0.29) is 19.1 Å². The van der Waals surface area contributed by atoms with Gasteiger partial charge in [-0.1, -0.05) is 30.0 Å². The third kappa shape index (κ3) is 3.57. The van der Waals surface area contributed by atoms with E-state index >= 15 is 0 Å². The Balaban J connectivity index is 1.90. The number of carbonyl (C=O) groups excluding carboxylic acids is 1. The van der Waals surface area contributed by atoms with Crippen molar-refractivity contribution in [1.82, 2.24) is 10.3 Å². The number of furan rings is 1. The first kappa shape index (κ1) is 16.0. The minimum atomic E-state index is -0.304. The van der Waals surface area contributed by atoms with Gasteiger partial charge >= 0.3 is 0 Å². The number of aliphatic hydroxyl groups excluding tert-OH is 1. The van der Waals surface area contributed by atoms with Gasteiger partial charge in [-0.15, -0.1) is 11.3 Å². The fourth-order valence-electron chi connectivity index (χ4n) is 2.21. The van der Waals surface area contributed by atoms with Gasteiger partial charge in [-0.05, 0) is 13.0 Å². The van der Waals surface area contributed by atoms with Crippen molar-refractivity contribution < 1.29 is 14.3 Å². The van der Waals surface area contributed by atoms with Crippen LogP contribution in [0.3, 0.4) is 0 Å². The minimum absolute atomic E-state index is 0.103. The number of aliphatic hydroxyl groups is 1. The molecular weight excluding hydrogens is 332 g/mol. The van der Waals surface area contributed by atoms with Gasteiger partial charge in [-0.2, -0.15) is 0 Å². The first-order valence-corrected chi connectivity index (χ1v) is 9.00. The highest BCUT2D eigenvalue weighted by Crippen LogP contribution is 2.33. The smallest absolute Gasteiger partial charge is 0.287 e. The van der Waals surface area contributed by atoms with Gasteiger partial charge in [0.1, 0.15) is 9.92 Å². The molecule has 2 aromatic heterocycles. The number of para-hydroxylation sites is 1. The average molecular weight is 348 g/mol. The highest BCUT2D eigenvalue weighted by molar-refractivity contribution is 8.00. The number of aromatic nitrogens is 1. The van der Waals surface area contributed by atoms with Crippen molar-refractivity contribution in [2.75, 3.05) is 13.2 Å². The van der Waals surface area contributed by atoms with E-state index in [4.69, 9.17) is 9.52 Å². The third-order valence-corrected chi connectivity index (χ3v) is 5.41. The van der Waals surface area contributed by atoms with Crippen LogP contribution in [0, 0.1) is 6.92 Å². The molecular formula is C16H16N2O3S2. The molecule has 0 atom stereocenters. The van der Waals surface area contributed by atoms with Crippen LogP contribution in [-0.2, 0) is 5.75 Å². The number of thiazole rings is 1. The summed E-state index contributed by atoms with van der Waals surface area (Å²) in [6.45, 7) is 2.06. The van der Waals surface area contributed by atoms with Crippen molar-refractivity contribution in [3.8, 4) is 0 Å². The summed E-state index contributed by atoms with van der Waals surface area (Å²) in [5, 5.41) is 14.5. The number of hydrogen-bond acceptors (Lipinski definition) is 6. The molecule has 0 bridgehead atoms. The first-order chi connectivity index (χ1) is 11.2. The summed E-state index contributed by atoms with van der Waals surface area (Å²) in [5.41, 5.74) is 2.54. The molecule has 1 amide bonds. The van der Waals surface area contributed by atoms with Gasteiger partial charge in [0, 0.05) is 34.3 Å². The number of nitrogens with one attached hydrogen (secondary N) is 1. The molecule has 0 radical (unpaired) electrons. The Morgan fingerprint density at radius 1 is 1.43 bits per heavy atom. The van der Waals surface area contributed by atoms with Gasteiger partial charge in [-0.3, -0.25) is 4.79 Å². The molecule has 3 rings (SSSR count). The van der Waals surface area contributed by atoms with Crippen LogP contribution in [0.1, 0.15) is 21.8 Å². The molecule has 2 heterocycles. The fourth-order valence-corrected chi connectivity index (χ4v) is 4.08. The maximum Gasteiger partial charge on any atom is 0.287 e. The van der Waals surface area contributed by atoms with Crippen molar-refractivity contribution >= 4 is 40.0 Å². The monoisotopic (exact) mass is 348 g/mol. The number of nitrogens with zero attached hydrogens (tertiary/aromatic N) is 1. The second-order valence-electron chi connectivity index (χ2n) is 4.93. The summed E-state index contributed by atoms with van der Waals surface area (Å²) in [6, 6.07) is 7.60. The SMILES string of the molecule is Cc1csc(SCc2c(C(=O)NCCO)oc3ccccc23)n1. The Morgan fingerprint density at radius 3 is 3.00 bits per heavy atom. The molecule has 0 aliphatic carbocycles. The summed E-state index contributed by atoms with van der Waals surface area (Å²) in [6.07, 6.45) is 0. The molecule has 5 nitrogen and oxygen atoms in total. The van der Waals surface area contributed by atoms with E-state index in [0.29, 0.717) is 17.1 Å². The molecule has 0 unspecified atom stereocenters. The molecule has 3 aromatic rings. The van der Waals surface area contributed by atoms with Crippen LogP contribution in [0.4, 0.5) is 0 Å². The second kappa shape index (κ2) is 7.16. The second-order valence-corrected chi connectivity index (χ2v) is 7.01. The average Bonchev–Trinajstić information content (AvgIpc) is 3.14. The number of fused-ring (bicyclic) bond motifs is 1. The number of carbonyl (C=O) groups is 1. The van der Waals surface area contributed by atoms with Gasteiger partial charge in [0.2, 0.25) is 0 Å². The molecule has 0 fully saturated rings. The Kier molecular flexibility index (Phi) is 5.00. The van der Waals surface area contributed by atoms with Gasteiger partial charge < -0.3 is 14.8 Å². The number of thioether (sulfide) groups is 1. The largest absolute Gasteiger partial charge is 0.451 e.